The van der Waals surface area contributed by atoms with E-state index in [9.17, 15) is 9.59 Å². The van der Waals surface area contributed by atoms with Gasteiger partial charge in [0, 0.05) is 22.1 Å². The summed E-state index contributed by atoms with van der Waals surface area (Å²) in [5.74, 6) is -0.957. The Bertz CT molecular complexity index is 1400. The maximum absolute atomic E-state index is 13.6. The number of halogens is 3. The number of esters is 1. The van der Waals surface area contributed by atoms with Crippen LogP contribution in [0.5, 0.6) is 0 Å². The molecule has 4 rings (SSSR count). The lowest BCUT2D eigenvalue weighted by Gasteiger charge is -2.19. The molecule has 0 N–H and O–H groups in total. The number of ether oxygens (including phenoxy) is 1. The number of para-hydroxylation sites is 1. The van der Waals surface area contributed by atoms with Crippen LogP contribution in [0, 0.1) is 13.8 Å². The topological polar surface area (TPSA) is 51.5 Å². The summed E-state index contributed by atoms with van der Waals surface area (Å²) in [6.45, 7) is 5.56. The first kappa shape index (κ1) is 24.1. The van der Waals surface area contributed by atoms with Gasteiger partial charge in [-0.05, 0) is 68.8 Å². The standard InChI is InChI=1S/C26H21Cl3N2O3/c1-14-11-17(15(2)30(14)23-10-9-18(27)13-21(23)29)12-19-24(26(33)34-4)16(3)31(25(19)32)22-8-6-5-7-20(22)28/h5-13H,1-4H3/b19-12+. The highest BCUT2D eigenvalue weighted by molar-refractivity contribution is 6.36. The number of benzene rings is 2. The van der Waals surface area contributed by atoms with Gasteiger partial charge in [0.05, 0.1) is 39.7 Å². The Morgan fingerprint density at radius 2 is 1.65 bits per heavy atom. The highest BCUT2D eigenvalue weighted by Crippen LogP contribution is 2.39. The molecule has 1 aliphatic heterocycles. The zero-order valence-corrected chi connectivity index (χ0v) is 21.2. The van der Waals surface area contributed by atoms with Crippen LogP contribution in [-0.2, 0) is 14.3 Å². The molecule has 0 unspecified atom stereocenters. The first-order valence-electron chi connectivity index (χ1n) is 10.4. The van der Waals surface area contributed by atoms with Crippen molar-refractivity contribution in [3.8, 4) is 5.69 Å². The fraction of sp³-hybridized carbons (Fsp3) is 0.154. The fourth-order valence-corrected chi connectivity index (χ4v) is 4.94. The van der Waals surface area contributed by atoms with Crippen molar-refractivity contribution in [3.63, 3.8) is 0 Å². The Labute approximate surface area is 212 Å². The van der Waals surface area contributed by atoms with Crippen molar-refractivity contribution < 1.29 is 14.3 Å². The third-order valence-corrected chi connectivity index (χ3v) is 6.66. The van der Waals surface area contributed by atoms with Crippen LogP contribution in [0.15, 0.2) is 65.4 Å². The van der Waals surface area contributed by atoms with Crippen LogP contribution in [0.4, 0.5) is 5.69 Å². The Kier molecular flexibility index (Phi) is 6.63. The van der Waals surface area contributed by atoms with Crippen molar-refractivity contribution in [1.82, 2.24) is 4.57 Å². The summed E-state index contributed by atoms with van der Waals surface area (Å²) in [7, 11) is 1.29. The summed E-state index contributed by atoms with van der Waals surface area (Å²) >= 11 is 18.9. The van der Waals surface area contributed by atoms with E-state index in [4.69, 9.17) is 39.5 Å². The maximum atomic E-state index is 13.6. The van der Waals surface area contributed by atoms with Crippen molar-refractivity contribution in [1.29, 1.82) is 0 Å². The smallest absolute Gasteiger partial charge is 0.340 e. The highest BCUT2D eigenvalue weighted by atomic mass is 35.5. The van der Waals surface area contributed by atoms with Crippen LogP contribution in [0.25, 0.3) is 11.8 Å². The molecule has 0 fully saturated rings. The van der Waals surface area contributed by atoms with Gasteiger partial charge in [0.1, 0.15) is 0 Å². The molecule has 34 heavy (non-hydrogen) atoms. The molecule has 2 heterocycles. The van der Waals surface area contributed by atoms with Crippen molar-refractivity contribution in [3.05, 3.63) is 97.4 Å². The first-order valence-corrected chi connectivity index (χ1v) is 11.5. The molecule has 174 valence electrons. The van der Waals surface area contributed by atoms with Gasteiger partial charge in [0.25, 0.3) is 5.91 Å². The van der Waals surface area contributed by atoms with Gasteiger partial charge in [0.15, 0.2) is 0 Å². The second-order valence-electron chi connectivity index (χ2n) is 7.86. The monoisotopic (exact) mass is 514 g/mol. The third-order valence-electron chi connectivity index (χ3n) is 5.80. The molecule has 1 aromatic heterocycles. The summed E-state index contributed by atoms with van der Waals surface area (Å²) in [5.41, 5.74) is 4.65. The van der Waals surface area contributed by atoms with E-state index in [0.717, 1.165) is 22.6 Å². The van der Waals surface area contributed by atoms with Crippen LogP contribution in [0.2, 0.25) is 15.1 Å². The quantitative estimate of drug-likeness (QED) is 0.280. The normalized spacial score (nSPS) is 15.0. The molecule has 0 atom stereocenters. The predicted octanol–water partition coefficient (Wildman–Crippen LogP) is 6.93. The molecule has 0 spiro atoms. The predicted molar refractivity (Wildman–Crippen MR) is 137 cm³/mol. The van der Waals surface area contributed by atoms with Gasteiger partial charge < -0.3 is 9.30 Å². The Morgan fingerprint density at radius 3 is 2.29 bits per heavy atom. The maximum Gasteiger partial charge on any atom is 0.340 e. The first-order chi connectivity index (χ1) is 16.1. The van der Waals surface area contributed by atoms with Crippen molar-refractivity contribution in [2.24, 2.45) is 0 Å². The summed E-state index contributed by atoms with van der Waals surface area (Å²) < 4.78 is 6.98. The van der Waals surface area contributed by atoms with E-state index in [1.54, 1.807) is 49.4 Å². The number of amides is 1. The number of rotatable bonds is 4. The van der Waals surface area contributed by atoms with E-state index in [2.05, 4.69) is 0 Å². The zero-order chi connectivity index (χ0) is 24.7. The van der Waals surface area contributed by atoms with Crippen molar-refractivity contribution >= 4 is 58.4 Å². The molecular weight excluding hydrogens is 495 g/mol. The van der Waals surface area contributed by atoms with E-state index >= 15 is 0 Å². The molecule has 0 saturated carbocycles. The van der Waals surface area contributed by atoms with Crippen LogP contribution >= 0.6 is 34.8 Å². The average molecular weight is 516 g/mol. The second-order valence-corrected chi connectivity index (χ2v) is 9.11. The Morgan fingerprint density at radius 1 is 0.941 bits per heavy atom. The van der Waals surface area contributed by atoms with Crippen LogP contribution in [-0.4, -0.2) is 23.6 Å². The molecular formula is C26H21Cl3N2O3. The van der Waals surface area contributed by atoms with E-state index in [1.807, 2.05) is 30.5 Å². The largest absolute Gasteiger partial charge is 0.465 e. The summed E-state index contributed by atoms with van der Waals surface area (Å²) in [4.78, 5) is 27.7. The highest BCUT2D eigenvalue weighted by Gasteiger charge is 2.38. The lowest BCUT2D eigenvalue weighted by Crippen LogP contribution is -2.24. The number of methoxy groups -OCH3 is 1. The van der Waals surface area contributed by atoms with Gasteiger partial charge in [-0.2, -0.15) is 0 Å². The average Bonchev–Trinajstić information content (AvgIpc) is 3.20. The zero-order valence-electron chi connectivity index (χ0n) is 18.9. The molecule has 1 aliphatic rings. The number of nitrogens with zero attached hydrogens (tertiary/aromatic N) is 2. The van der Waals surface area contributed by atoms with E-state index in [0.29, 0.717) is 26.5 Å². The third kappa shape index (κ3) is 4.05. The van der Waals surface area contributed by atoms with Crippen molar-refractivity contribution in [2.75, 3.05) is 12.0 Å². The molecule has 3 aromatic rings. The van der Waals surface area contributed by atoms with Gasteiger partial charge in [-0.1, -0.05) is 46.9 Å². The molecule has 0 bridgehead atoms. The minimum Gasteiger partial charge on any atom is -0.465 e. The molecule has 0 saturated heterocycles. The molecule has 1 amide bonds. The number of aromatic nitrogens is 1. The molecule has 0 radical (unpaired) electrons. The van der Waals surface area contributed by atoms with Gasteiger partial charge in [-0.15, -0.1) is 0 Å². The minimum absolute atomic E-state index is 0.196. The number of aryl methyl sites for hydroxylation is 1. The van der Waals surface area contributed by atoms with Crippen LogP contribution < -0.4 is 4.90 Å². The van der Waals surface area contributed by atoms with E-state index < -0.39 is 5.97 Å². The summed E-state index contributed by atoms with van der Waals surface area (Å²) in [5, 5.41) is 1.44. The number of hydrogen-bond donors (Lipinski definition) is 0. The molecule has 0 aliphatic carbocycles. The number of hydrogen-bond acceptors (Lipinski definition) is 3. The number of carbonyl (C=O) groups excluding carboxylic acids is 2. The lowest BCUT2D eigenvalue weighted by molar-refractivity contribution is -0.136. The minimum atomic E-state index is -0.596. The fourth-order valence-electron chi connectivity index (χ4n) is 4.23. The second kappa shape index (κ2) is 9.34. The number of anilines is 1. The van der Waals surface area contributed by atoms with E-state index in [1.165, 1.54) is 12.0 Å². The van der Waals surface area contributed by atoms with Crippen molar-refractivity contribution in [2.45, 2.75) is 20.8 Å². The van der Waals surface area contributed by atoms with Gasteiger partial charge in [-0.25, -0.2) is 4.79 Å². The SMILES string of the molecule is COC(=O)C1=C(C)N(c2ccccc2Cl)C(=O)/C1=C/c1cc(C)n(-c2ccc(Cl)cc2Cl)c1C. The van der Waals surface area contributed by atoms with Gasteiger partial charge in [0.2, 0.25) is 0 Å². The number of allylic oxidation sites excluding steroid dienone is 1. The lowest BCUT2D eigenvalue weighted by atomic mass is 10.0. The molecule has 8 heteroatoms. The van der Waals surface area contributed by atoms with Crippen LogP contribution in [0.3, 0.4) is 0 Å². The Balaban J connectivity index is 1.88. The van der Waals surface area contributed by atoms with E-state index in [-0.39, 0.29) is 17.1 Å². The van der Waals surface area contributed by atoms with Gasteiger partial charge >= 0.3 is 5.97 Å². The number of carbonyl (C=O) groups is 2. The van der Waals surface area contributed by atoms with Crippen LogP contribution in [0.1, 0.15) is 23.9 Å². The summed E-state index contributed by atoms with van der Waals surface area (Å²) in [6.07, 6.45) is 1.71. The molecule has 5 nitrogen and oxygen atoms in total. The van der Waals surface area contributed by atoms with Gasteiger partial charge in [-0.3, -0.25) is 9.69 Å². The Hall–Kier alpha value is -2.99. The molecule has 2 aromatic carbocycles. The summed E-state index contributed by atoms with van der Waals surface area (Å²) in [6, 6.07) is 14.2.